The van der Waals surface area contributed by atoms with E-state index in [2.05, 4.69) is 26.0 Å². The van der Waals surface area contributed by atoms with Crippen LogP contribution in [0.5, 0.6) is 0 Å². The van der Waals surface area contributed by atoms with Crippen LogP contribution in [-0.4, -0.2) is 55.0 Å². The lowest BCUT2D eigenvalue weighted by Gasteiger charge is -2.31. The number of aliphatic hydroxyl groups is 1. The van der Waals surface area contributed by atoms with Gasteiger partial charge in [-0.3, -0.25) is 9.59 Å². The Morgan fingerprint density at radius 2 is 2.15 bits per heavy atom. The number of anilines is 3. The largest absolute Gasteiger partial charge is 0.388 e. The number of aromatic nitrogens is 4. The molecule has 3 aromatic heterocycles. The minimum atomic E-state index is -0.954. The maximum atomic E-state index is 13.3. The standard InChI is InChI=1S/C23H28FN7O3/c1-23(34)7-3-6-17(23)28-21(32)15-12-26-31-19(25-2)11-18(29-20(15)31)27-16-5-4-8-30(22(16)33)14-9-13(24)10-14/h4-5,8,11-14,17,25,34H,3,6-7,9-10H2,1-2H3,(H,27,29)(H,28,32)/t13?,14?,17-,23-/m0/s1. The van der Waals surface area contributed by atoms with E-state index >= 15 is 0 Å². The van der Waals surface area contributed by atoms with Crippen LogP contribution in [0.25, 0.3) is 5.65 Å². The van der Waals surface area contributed by atoms with Gasteiger partial charge in [0.2, 0.25) is 0 Å². The highest BCUT2D eigenvalue weighted by molar-refractivity contribution is 6.00. The minimum Gasteiger partial charge on any atom is -0.388 e. The van der Waals surface area contributed by atoms with Gasteiger partial charge < -0.3 is 25.6 Å². The van der Waals surface area contributed by atoms with Gasteiger partial charge in [0, 0.05) is 25.4 Å². The van der Waals surface area contributed by atoms with Gasteiger partial charge in [0.05, 0.1) is 17.8 Å². The fraction of sp³-hybridized carbons (Fsp3) is 0.478. The van der Waals surface area contributed by atoms with Gasteiger partial charge in [-0.2, -0.15) is 9.61 Å². The first-order chi connectivity index (χ1) is 16.3. The normalized spacial score (nSPS) is 26.3. The van der Waals surface area contributed by atoms with Gasteiger partial charge >= 0.3 is 0 Å². The first kappa shape index (κ1) is 22.3. The molecule has 10 nitrogen and oxygen atoms in total. The first-order valence-electron chi connectivity index (χ1n) is 11.5. The minimum absolute atomic E-state index is 0.148. The number of hydrogen-bond donors (Lipinski definition) is 4. The number of pyridine rings is 1. The first-order valence-corrected chi connectivity index (χ1v) is 11.5. The van der Waals surface area contributed by atoms with Crippen molar-refractivity contribution in [3.05, 3.63) is 46.5 Å². The van der Waals surface area contributed by atoms with Crippen LogP contribution in [0.2, 0.25) is 0 Å². The van der Waals surface area contributed by atoms with Crippen molar-refractivity contribution in [2.45, 2.75) is 62.9 Å². The molecule has 2 fully saturated rings. The molecule has 0 aromatic carbocycles. The van der Waals surface area contributed by atoms with Crippen molar-refractivity contribution in [3.63, 3.8) is 0 Å². The van der Waals surface area contributed by atoms with Crippen LogP contribution in [0.3, 0.4) is 0 Å². The molecule has 11 heteroatoms. The zero-order valence-electron chi connectivity index (χ0n) is 19.1. The summed E-state index contributed by atoms with van der Waals surface area (Å²) >= 11 is 0. The molecule has 0 saturated heterocycles. The lowest BCUT2D eigenvalue weighted by molar-refractivity contribution is 0.0368. The predicted molar refractivity (Wildman–Crippen MR) is 125 cm³/mol. The number of carbonyl (C=O) groups is 1. The molecule has 3 heterocycles. The molecule has 0 spiro atoms. The monoisotopic (exact) mass is 469 g/mol. The Morgan fingerprint density at radius 3 is 2.82 bits per heavy atom. The summed E-state index contributed by atoms with van der Waals surface area (Å²) < 4.78 is 16.4. The van der Waals surface area contributed by atoms with Gasteiger partial charge in [0.1, 0.15) is 29.1 Å². The summed E-state index contributed by atoms with van der Waals surface area (Å²) in [7, 11) is 1.72. The topological polar surface area (TPSA) is 126 Å². The second-order valence-corrected chi connectivity index (χ2v) is 9.33. The summed E-state index contributed by atoms with van der Waals surface area (Å²) in [6.07, 6.45) is 5.07. The maximum absolute atomic E-state index is 13.3. The maximum Gasteiger partial charge on any atom is 0.274 e. The second-order valence-electron chi connectivity index (χ2n) is 9.33. The number of hydrogen-bond acceptors (Lipinski definition) is 7. The summed E-state index contributed by atoms with van der Waals surface area (Å²) in [4.78, 5) is 30.5. The fourth-order valence-electron chi connectivity index (χ4n) is 4.76. The van der Waals surface area contributed by atoms with Crippen LogP contribution < -0.4 is 21.5 Å². The average Bonchev–Trinajstić information content (AvgIpc) is 3.35. The summed E-state index contributed by atoms with van der Waals surface area (Å²) in [5.41, 5.74) is -0.347. The lowest BCUT2D eigenvalue weighted by atomic mass is 9.90. The number of carbonyl (C=O) groups excluding carboxylic acids is 1. The molecule has 5 rings (SSSR count). The van der Waals surface area contributed by atoms with Crippen molar-refractivity contribution in [1.29, 1.82) is 0 Å². The third-order valence-corrected chi connectivity index (χ3v) is 6.89. The molecule has 2 saturated carbocycles. The molecule has 4 N–H and O–H groups in total. The highest BCUT2D eigenvalue weighted by atomic mass is 19.1. The molecule has 0 unspecified atom stereocenters. The van der Waals surface area contributed by atoms with Gasteiger partial charge in [-0.25, -0.2) is 9.37 Å². The second kappa shape index (κ2) is 8.39. The number of fused-ring (bicyclic) bond motifs is 1. The molecule has 180 valence electrons. The highest BCUT2D eigenvalue weighted by Gasteiger charge is 2.38. The van der Waals surface area contributed by atoms with Crippen LogP contribution in [0.1, 0.15) is 55.4 Å². The van der Waals surface area contributed by atoms with E-state index in [1.165, 1.54) is 10.7 Å². The van der Waals surface area contributed by atoms with Crippen LogP contribution >= 0.6 is 0 Å². The van der Waals surface area contributed by atoms with Crippen molar-refractivity contribution in [3.8, 4) is 0 Å². The van der Waals surface area contributed by atoms with Crippen LogP contribution in [-0.2, 0) is 0 Å². The Bertz CT molecular complexity index is 1300. The van der Waals surface area contributed by atoms with E-state index < -0.39 is 11.8 Å². The zero-order valence-corrected chi connectivity index (χ0v) is 19.1. The third kappa shape index (κ3) is 3.89. The van der Waals surface area contributed by atoms with E-state index in [1.54, 1.807) is 42.9 Å². The van der Waals surface area contributed by atoms with E-state index in [4.69, 9.17) is 0 Å². The van der Waals surface area contributed by atoms with Crippen molar-refractivity contribution in [1.82, 2.24) is 24.5 Å². The van der Waals surface area contributed by atoms with E-state index in [-0.39, 0.29) is 29.1 Å². The summed E-state index contributed by atoms with van der Waals surface area (Å²) in [6, 6.07) is 4.56. The lowest BCUT2D eigenvalue weighted by Crippen LogP contribution is -2.47. The van der Waals surface area contributed by atoms with E-state index in [9.17, 15) is 19.1 Å². The number of alkyl halides is 1. The molecule has 0 bridgehead atoms. The number of halogens is 1. The third-order valence-electron chi connectivity index (χ3n) is 6.89. The van der Waals surface area contributed by atoms with Gasteiger partial charge in [0.25, 0.3) is 11.5 Å². The quantitative estimate of drug-likeness (QED) is 0.437. The Hall–Kier alpha value is -3.47. The number of amides is 1. The van der Waals surface area contributed by atoms with Gasteiger partial charge in [-0.1, -0.05) is 0 Å². The Morgan fingerprint density at radius 1 is 1.35 bits per heavy atom. The van der Waals surface area contributed by atoms with E-state index in [0.29, 0.717) is 48.7 Å². The summed E-state index contributed by atoms with van der Waals surface area (Å²) in [5, 5.41) is 23.8. The van der Waals surface area contributed by atoms with Gasteiger partial charge in [0.15, 0.2) is 5.65 Å². The van der Waals surface area contributed by atoms with Gasteiger partial charge in [-0.15, -0.1) is 0 Å². The molecule has 1 amide bonds. The molecule has 2 atom stereocenters. The summed E-state index contributed by atoms with van der Waals surface area (Å²) in [6.45, 7) is 1.73. The Labute approximate surface area is 195 Å². The highest BCUT2D eigenvalue weighted by Crippen LogP contribution is 2.34. The SMILES string of the molecule is CNc1cc(Nc2cccn(C3CC(F)C3)c2=O)nc2c(C(=O)N[C@H]3CCC[C@]3(C)O)cnn12. The number of rotatable bonds is 6. The molecule has 34 heavy (non-hydrogen) atoms. The molecular weight excluding hydrogens is 441 g/mol. The molecule has 3 aromatic rings. The predicted octanol–water partition coefficient (Wildman–Crippen LogP) is 2.38. The number of nitrogens with one attached hydrogen (secondary N) is 3. The molecule has 0 radical (unpaired) electrons. The van der Waals surface area contributed by atoms with Crippen molar-refractivity contribution >= 4 is 28.9 Å². The van der Waals surface area contributed by atoms with Crippen LogP contribution in [0.15, 0.2) is 35.4 Å². The molecule has 2 aliphatic carbocycles. The Balaban J connectivity index is 1.46. The van der Waals surface area contributed by atoms with Gasteiger partial charge in [-0.05, 0) is 51.2 Å². The van der Waals surface area contributed by atoms with Crippen molar-refractivity contribution in [2.24, 2.45) is 0 Å². The fourth-order valence-corrected chi connectivity index (χ4v) is 4.76. The average molecular weight is 470 g/mol. The van der Waals surface area contributed by atoms with Crippen LogP contribution in [0.4, 0.5) is 21.7 Å². The van der Waals surface area contributed by atoms with E-state index in [0.717, 1.165) is 6.42 Å². The van der Waals surface area contributed by atoms with Crippen LogP contribution in [0, 0.1) is 0 Å². The molecule has 2 aliphatic rings. The van der Waals surface area contributed by atoms with Crippen molar-refractivity contribution < 1.29 is 14.3 Å². The molecular formula is C23H28FN7O3. The molecule has 0 aliphatic heterocycles. The Kier molecular flexibility index (Phi) is 5.51. The number of nitrogens with zero attached hydrogens (tertiary/aromatic N) is 4. The smallest absolute Gasteiger partial charge is 0.274 e. The summed E-state index contributed by atoms with van der Waals surface area (Å²) in [5.74, 6) is 0.544. The van der Waals surface area contributed by atoms with Crippen molar-refractivity contribution in [2.75, 3.05) is 17.7 Å². The zero-order chi connectivity index (χ0) is 24.0. The van der Waals surface area contributed by atoms with E-state index in [1.807, 2.05) is 0 Å².